The van der Waals surface area contributed by atoms with Crippen LogP contribution < -0.4 is 0 Å². The van der Waals surface area contributed by atoms with Crippen LogP contribution in [-0.4, -0.2) is 89.6 Å². The van der Waals surface area contributed by atoms with Gasteiger partial charge in [-0.25, -0.2) is 0 Å². The van der Waals surface area contributed by atoms with Crippen molar-refractivity contribution in [2.24, 2.45) is 0 Å². The Kier molecular flexibility index (Phi) is 19.2. The number of esters is 1. The number of ether oxygens (including phenoxy) is 4. The second-order valence-corrected chi connectivity index (χ2v) is 9.49. The minimum Gasteiger partial charge on any atom is -0.457 e. The molecule has 0 bridgehead atoms. The van der Waals surface area contributed by atoms with Crippen molar-refractivity contribution < 1.29 is 44.2 Å². The van der Waals surface area contributed by atoms with E-state index in [0.29, 0.717) is 13.0 Å². The van der Waals surface area contributed by atoms with Crippen molar-refractivity contribution in [1.82, 2.24) is 0 Å². The van der Waals surface area contributed by atoms with Gasteiger partial charge in [0.05, 0.1) is 19.8 Å². The number of carbonyl (C=O) groups is 1. The summed E-state index contributed by atoms with van der Waals surface area (Å²) in [6, 6.07) is 0. The number of unbranched alkanes of at least 4 members (excludes halogenated alkanes) is 8. The molecule has 212 valence electrons. The molecular formula is C27H50O9. The molecule has 1 aliphatic rings. The number of aliphatic hydroxyl groups is 4. The average molecular weight is 519 g/mol. The van der Waals surface area contributed by atoms with E-state index in [1.54, 1.807) is 0 Å². The molecule has 1 fully saturated rings. The largest absolute Gasteiger partial charge is 0.457 e. The van der Waals surface area contributed by atoms with E-state index < -0.39 is 43.4 Å². The smallest absolute Gasteiger partial charge is 0.306 e. The van der Waals surface area contributed by atoms with Crippen LogP contribution in [0.3, 0.4) is 0 Å². The predicted molar refractivity (Wildman–Crippen MR) is 136 cm³/mol. The quantitative estimate of drug-likeness (QED) is 0.103. The molecule has 0 aromatic rings. The summed E-state index contributed by atoms with van der Waals surface area (Å²) in [5.41, 5.74) is 0. The van der Waals surface area contributed by atoms with Crippen LogP contribution in [-0.2, 0) is 23.7 Å². The highest BCUT2D eigenvalue weighted by atomic mass is 16.7. The van der Waals surface area contributed by atoms with Gasteiger partial charge in [-0.3, -0.25) is 4.79 Å². The van der Waals surface area contributed by atoms with Gasteiger partial charge in [-0.2, -0.15) is 0 Å². The molecule has 9 heteroatoms. The highest BCUT2D eigenvalue weighted by Crippen LogP contribution is 2.22. The molecule has 0 aromatic carbocycles. The minimum atomic E-state index is -1.53. The minimum absolute atomic E-state index is 0.120. The maximum Gasteiger partial charge on any atom is 0.306 e. The SMILES string of the molecule is CCCC/C=C\CCCCCCCCOCC(COC1OC(CO)C(O)C(O)C1O)OC(=O)CCC. The number of hydrogen-bond donors (Lipinski definition) is 4. The third-order valence-corrected chi connectivity index (χ3v) is 6.15. The monoisotopic (exact) mass is 518 g/mol. The molecule has 36 heavy (non-hydrogen) atoms. The summed E-state index contributed by atoms with van der Waals surface area (Å²) in [4.78, 5) is 12.0. The Labute approximate surface area is 216 Å². The average Bonchev–Trinajstić information content (AvgIpc) is 2.87. The van der Waals surface area contributed by atoms with Crippen molar-refractivity contribution >= 4 is 5.97 Å². The summed E-state index contributed by atoms with van der Waals surface area (Å²) in [6.45, 7) is 4.10. The van der Waals surface area contributed by atoms with Crippen LogP contribution in [0, 0.1) is 0 Å². The lowest BCUT2D eigenvalue weighted by molar-refractivity contribution is -0.305. The molecule has 6 atom stereocenters. The maximum absolute atomic E-state index is 12.0. The summed E-state index contributed by atoms with van der Waals surface area (Å²) < 4.78 is 22.0. The first-order valence-corrected chi connectivity index (χ1v) is 13.8. The zero-order valence-corrected chi connectivity index (χ0v) is 22.3. The first kappa shape index (κ1) is 33.0. The van der Waals surface area contributed by atoms with Crippen LogP contribution in [0.2, 0.25) is 0 Å². The summed E-state index contributed by atoms with van der Waals surface area (Å²) in [5, 5.41) is 39.2. The Morgan fingerprint density at radius 3 is 2.19 bits per heavy atom. The number of hydrogen-bond acceptors (Lipinski definition) is 9. The molecule has 4 N–H and O–H groups in total. The van der Waals surface area contributed by atoms with Gasteiger partial charge in [0.25, 0.3) is 0 Å². The summed E-state index contributed by atoms with van der Waals surface area (Å²) in [5.74, 6) is -0.372. The Balaban J connectivity index is 2.27. The van der Waals surface area contributed by atoms with E-state index in [2.05, 4.69) is 19.1 Å². The standard InChI is InChI=1S/C27H50O9/c1-3-5-6-7-8-9-10-11-12-13-14-15-17-33-19-21(35-23(29)16-4-2)20-34-27-26(32)25(31)24(30)22(18-28)36-27/h7-8,21-22,24-28,30-32H,3-6,9-20H2,1-2H3/b8-7-. The van der Waals surface area contributed by atoms with E-state index in [4.69, 9.17) is 18.9 Å². The van der Waals surface area contributed by atoms with E-state index in [9.17, 15) is 25.2 Å². The van der Waals surface area contributed by atoms with Crippen molar-refractivity contribution in [3.05, 3.63) is 12.2 Å². The Morgan fingerprint density at radius 1 is 0.861 bits per heavy atom. The van der Waals surface area contributed by atoms with Crippen LogP contribution in [0.25, 0.3) is 0 Å². The lowest BCUT2D eigenvalue weighted by Crippen LogP contribution is -2.59. The second kappa shape index (κ2) is 20.9. The van der Waals surface area contributed by atoms with Gasteiger partial charge < -0.3 is 39.4 Å². The van der Waals surface area contributed by atoms with Gasteiger partial charge in [0.1, 0.15) is 30.5 Å². The highest BCUT2D eigenvalue weighted by molar-refractivity contribution is 5.69. The van der Waals surface area contributed by atoms with Gasteiger partial charge >= 0.3 is 5.97 Å². The molecule has 0 spiro atoms. The van der Waals surface area contributed by atoms with Crippen molar-refractivity contribution in [3.63, 3.8) is 0 Å². The molecule has 0 saturated carbocycles. The molecule has 1 rings (SSSR count). The molecule has 1 aliphatic heterocycles. The van der Waals surface area contributed by atoms with Crippen molar-refractivity contribution in [3.8, 4) is 0 Å². The fourth-order valence-electron chi connectivity index (χ4n) is 3.92. The van der Waals surface area contributed by atoms with E-state index in [1.165, 1.54) is 38.5 Å². The molecule has 1 heterocycles. The Morgan fingerprint density at radius 2 is 1.53 bits per heavy atom. The number of carbonyl (C=O) groups excluding carboxylic acids is 1. The van der Waals surface area contributed by atoms with Gasteiger partial charge in [-0.1, -0.05) is 64.5 Å². The molecule has 0 aliphatic carbocycles. The first-order chi connectivity index (χ1) is 17.4. The molecular weight excluding hydrogens is 468 g/mol. The van der Waals surface area contributed by atoms with Crippen LogP contribution in [0.5, 0.6) is 0 Å². The second-order valence-electron chi connectivity index (χ2n) is 9.49. The highest BCUT2D eigenvalue weighted by Gasteiger charge is 2.44. The molecule has 0 aromatic heterocycles. The topological polar surface area (TPSA) is 135 Å². The molecule has 6 unspecified atom stereocenters. The zero-order valence-electron chi connectivity index (χ0n) is 22.3. The molecule has 9 nitrogen and oxygen atoms in total. The van der Waals surface area contributed by atoms with E-state index in [1.807, 2.05) is 6.92 Å². The van der Waals surface area contributed by atoms with Crippen molar-refractivity contribution in [2.45, 2.75) is 128 Å². The van der Waals surface area contributed by atoms with Crippen molar-refractivity contribution in [2.75, 3.05) is 26.4 Å². The first-order valence-electron chi connectivity index (χ1n) is 13.8. The lowest BCUT2D eigenvalue weighted by Gasteiger charge is -2.39. The maximum atomic E-state index is 12.0. The third kappa shape index (κ3) is 14.0. The normalized spacial score (nSPS) is 25.3. The van der Waals surface area contributed by atoms with E-state index in [0.717, 1.165) is 25.7 Å². The van der Waals surface area contributed by atoms with Gasteiger partial charge in [0, 0.05) is 13.0 Å². The number of allylic oxidation sites excluding steroid dienone is 2. The van der Waals surface area contributed by atoms with E-state index in [-0.39, 0.29) is 25.6 Å². The summed E-state index contributed by atoms with van der Waals surface area (Å²) in [6.07, 6.45) is 9.69. The van der Waals surface area contributed by atoms with Crippen molar-refractivity contribution in [1.29, 1.82) is 0 Å². The number of rotatable bonds is 21. The Bertz CT molecular complexity index is 569. The fraction of sp³-hybridized carbons (Fsp3) is 0.889. The van der Waals surface area contributed by atoms with Crippen LogP contribution >= 0.6 is 0 Å². The van der Waals surface area contributed by atoms with Gasteiger partial charge in [-0.15, -0.1) is 0 Å². The lowest BCUT2D eigenvalue weighted by atomic mass is 9.99. The van der Waals surface area contributed by atoms with Crippen LogP contribution in [0.15, 0.2) is 12.2 Å². The van der Waals surface area contributed by atoms with Gasteiger partial charge in [-0.05, 0) is 32.1 Å². The molecule has 1 saturated heterocycles. The fourth-order valence-corrected chi connectivity index (χ4v) is 3.92. The third-order valence-electron chi connectivity index (χ3n) is 6.15. The van der Waals surface area contributed by atoms with Gasteiger partial charge in [0.15, 0.2) is 6.29 Å². The van der Waals surface area contributed by atoms with Crippen LogP contribution in [0.4, 0.5) is 0 Å². The number of aliphatic hydroxyl groups excluding tert-OH is 4. The van der Waals surface area contributed by atoms with Gasteiger partial charge in [0.2, 0.25) is 0 Å². The van der Waals surface area contributed by atoms with E-state index >= 15 is 0 Å². The molecule has 0 amide bonds. The summed E-state index contributed by atoms with van der Waals surface area (Å²) in [7, 11) is 0. The molecule has 0 radical (unpaired) electrons. The summed E-state index contributed by atoms with van der Waals surface area (Å²) >= 11 is 0. The Hall–Kier alpha value is -1.07. The van der Waals surface area contributed by atoms with Crippen LogP contribution in [0.1, 0.15) is 90.9 Å². The zero-order chi connectivity index (χ0) is 26.6. The predicted octanol–water partition coefficient (Wildman–Crippen LogP) is 3.01.